The van der Waals surface area contributed by atoms with Gasteiger partial charge >= 0.3 is 0 Å². The van der Waals surface area contributed by atoms with Gasteiger partial charge in [-0.3, -0.25) is 14.8 Å². The van der Waals surface area contributed by atoms with Crippen LogP contribution >= 0.6 is 0 Å². The van der Waals surface area contributed by atoms with Crippen LogP contribution in [0, 0.1) is 6.92 Å². The van der Waals surface area contributed by atoms with E-state index < -0.39 is 0 Å². The third-order valence-electron chi connectivity index (χ3n) is 4.32. The SMILES string of the molecule is Cc1cccc2c1=C(CCNC=O)CN=2.c1cc(C2=NOCC2)ccn1. The van der Waals surface area contributed by atoms with Crippen molar-refractivity contribution in [2.45, 2.75) is 19.8 Å². The number of carbonyl (C=O) groups is 1. The number of amides is 1. The lowest BCUT2D eigenvalue weighted by molar-refractivity contribution is -0.109. The molecule has 26 heavy (non-hydrogen) atoms. The summed E-state index contributed by atoms with van der Waals surface area (Å²) in [4.78, 5) is 23.4. The van der Waals surface area contributed by atoms with Crippen molar-refractivity contribution in [3.05, 3.63) is 64.4 Å². The normalized spacial score (nSPS) is 14.3. The van der Waals surface area contributed by atoms with Crippen LogP contribution < -0.4 is 15.9 Å². The maximum Gasteiger partial charge on any atom is 0.207 e. The van der Waals surface area contributed by atoms with E-state index in [1.807, 2.05) is 24.3 Å². The molecular formula is C20H22N4O2. The summed E-state index contributed by atoms with van der Waals surface area (Å²) in [6.07, 6.45) is 6.06. The number of hydrogen-bond acceptors (Lipinski definition) is 5. The molecule has 2 aliphatic rings. The molecule has 0 radical (unpaired) electrons. The molecule has 2 aliphatic heterocycles. The number of rotatable bonds is 5. The van der Waals surface area contributed by atoms with E-state index >= 15 is 0 Å². The molecule has 0 saturated heterocycles. The fourth-order valence-corrected chi connectivity index (χ4v) is 3.04. The van der Waals surface area contributed by atoms with Gasteiger partial charge in [-0.15, -0.1) is 0 Å². The summed E-state index contributed by atoms with van der Waals surface area (Å²) in [6, 6.07) is 10.1. The number of aromatic nitrogens is 1. The number of fused-ring (bicyclic) bond motifs is 1. The van der Waals surface area contributed by atoms with Crippen molar-refractivity contribution in [3.8, 4) is 0 Å². The molecule has 0 saturated carbocycles. The van der Waals surface area contributed by atoms with Gasteiger partial charge in [0, 0.05) is 36.1 Å². The van der Waals surface area contributed by atoms with E-state index in [9.17, 15) is 4.79 Å². The van der Waals surface area contributed by atoms with Gasteiger partial charge in [0.1, 0.15) is 6.61 Å². The molecule has 1 N–H and O–H groups in total. The molecular weight excluding hydrogens is 328 g/mol. The summed E-state index contributed by atoms with van der Waals surface area (Å²) in [7, 11) is 0. The third kappa shape index (κ3) is 4.33. The molecule has 0 unspecified atom stereocenters. The highest BCUT2D eigenvalue weighted by atomic mass is 16.6. The van der Waals surface area contributed by atoms with Crippen LogP contribution in [0.25, 0.3) is 5.57 Å². The fraction of sp³-hybridized carbons (Fsp3) is 0.300. The van der Waals surface area contributed by atoms with Crippen molar-refractivity contribution in [1.29, 1.82) is 0 Å². The topological polar surface area (TPSA) is 75.9 Å². The van der Waals surface area contributed by atoms with Crippen molar-refractivity contribution in [1.82, 2.24) is 10.3 Å². The molecule has 3 heterocycles. The Hall–Kier alpha value is -3.02. The molecule has 0 atom stereocenters. The summed E-state index contributed by atoms with van der Waals surface area (Å²) in [5.41, 5.74) is 4.73. The number of benzene rings is 1. The zero-order valence-corrected chi connectivity index (χ0v) is 14.8. The van der Waals surface area contributed by atoms with Crippen LogP contribution in [0.1, 0.15) is 24.0 Å². The first kappa shape index (κ1) is 17.8. The fourth-order valence-electron chi connectivity index (χ4n) is 3.04. The van der Waals surface area contributed by atoms with E-state index in [-0.39, 0.29) is 0 Å². The monoisotopic (exact) mass is 350 g/mol. The smallest absolute Gasteiger partial charge is 0.207 e. The molecule has 4 rings (SSSR count). The molecule has 134 valence electrons. The standard InChI is InChI=1S/C12H14N2O.C8H8N2O/c1-9-3-2-4-11-12(9)10(7-14-11)5-6-13-8-15;1-4-9-5-2-7(1)8-3-6-11-10-8/h2-4,8H,5-7H2,1H3,(H,13,15);1-2,4-5H,3,6H2. The van der Waals surface area contributed by atoms with Crippen LogP contribution in [0.4, 0.5) is 0 Å². The summed E-state index contributed by atoms with van der Waals surface area (Å²) < 4.78 is 0. The Balaban J connectivity index is 0.000000158. The lowest BCUT2D eigenvalue weighted by Gasteiger charge is -2.01. The lowest BCUT2D eigenvalue weighted by Crippen LogP contribution is -2.26. The average Bonchev–Trinajstić information content (AvgIpc) is 3.34. The number of pyridine rings is 1. The van der Waals surface area contributed by atoms with Gasteiger partial charge in [0.2, 0.25) is 6.41 Å². The Labute approximate surface area is 152 Å². The van der Waals surface area contributed by atoms with Crippen LogP contribution in [-0.2, 0) is 9.63 Å². The number of aryl methyl sites for hydroxylation is 1. The summed E-state index contributed by atoms with van der Waals surface area (Å²) >= 11 is 0. The molecule has 0 spiro atoms. The van der Waals surface area contributed by atoms with Crippen LogP contribution in [0.15, 0.2) is 52.9 Å². The second-order valence-electron chi connectivity index (χ2n) is 6.07. The van der Waals surface area contributed by atoms with E-state index in [2.05, 4.69) is 33.4 Å². The average molecular weight is 350 g/mol. The van der Waals surface area contributed by atoms with Crippen molar-refractivity contribution in [2.24, 2.45) is 10.1 Å². The minimum atomic E-state index is 0.697. The molecule has 1 aromatic carbocycles. The van der Waals surface area contributed by atoms with E-state index in [0.29, 0.717) is 13.2 Å². The second kappa shape index (κ2) is 8.89. The highest BCUT2D eigenvalue weighted by Gasteiger charge is 2.09. The highest BCUT2D eigenvalue weighted by Crippen LogP contribution is 2.08. The number of hydrogen-bond donors (Lipinski definition) is 1. The molecule has 6 nitrogen and oxygen atoms in total. The van der Waals surface area contributed by atoms with Crippen molar-refractivity contribution >= 4 is 17.7 Å². The zero-order valence-electron chi connectivity index (χ0n) is 14.8. The molecule has 1 amide bonds. The van der Waals surface area contributed by atoms with Gasteiger partial charge in [-0.05, 0) is 42.7 Å². The molecule has 1 aromatic heterocycles. The quantitative estimate of drug-likeness (QED) is 0.649. The van der Waals surface area contributed by atoms with Crippen LogP contribution in [-0.4, -0.2) is 36.8 Å². The van der Waals surface area contributed by atoms with Gasteiger partial charge in [-0.25, -0.2) is 0 Å². The van der Waals surface area contributed by atoms with E-state index in [1.165, 1.54) is 16.4 Å². The van der Waals surface area contributed by atoms with Gasteiger partial charge in [-0.2, -0.15) is 0 Å². The molecule has 0 bridgehead atoms. The third-order valence-corrected chi connectivity index (χ3v) is 4.32. The maximum atomic E-state index is 10.1. The van der Waals surface area contributed by atoms with Crippen LogP contribution in [0.2, 0.25) is 0 Å². The summed E-state index contributed by atoms with van der Waals surface area (Å²) in [5.74, 6) is 0. The molecule has 0 fully saturated rings. The summed E-state index contributed by atoms with van der Waals surface area (Å²) in [5, 5.41) is 8.95. The molecule has 2 aromatic rings. The zero-order chi connectivity index (χ0) is 18.2. The van der Waals surface area contributed by atoms with E-state index in [1.54, 1.807) is 12.4 Å². The number of oxime groups is 1. The number of carbonyl (C=O) groups excluding carboxylic acids is 1. The predicted molar refractivity (Wildman–Crippen MR) is 100 cm³/mol. The lowest BCUT2D eigenvalue weighted by atomic mass is 10.1. The van der Waals surface area contributed by atoms with E-state index in [0.717, 1.165) is 42.4 Å². The first-order valence-corrected chi connectivity index (χ1v) is 8.68. The number of nitrogens with one attached hydrogen (secondary N) is 1. The van der Waals surface area contributed by atoms with Crippen LogP contribution in [0.5, 0.6) is 0 Å². The Morgan fingerprint density at radius 2 is 2.08 bits per heavy atom. The van der Waals surface area contributed by atoms with Gasteiger partial charge in [0.25, 0.3) is 0 Å². The second-order valence-corrected chi connectivity index (χ2v) is 6.07. The molecule has 0 aliphatic carbocycles. The Morgan fingerprint density at radius 3 is 2.81 bits per heavy atom. The van der Waals surface area contributed by atoms with Gasteiger partial charge in [0.15, 0.2) is 0 Å². The van der Waals surface area contributed by atoms with Crippen molar-refractivity contribution in [3.63, 3.8) is 0 Å². The predicted octanol–water partition coefficient (Wildman–Crippen LogP) is 1.12. The molecule has 6 heteroatoms. The van der Waals surface area contributed by atoms with Crippen LogP contribution in [0.3, 0.4) is 0 Å². The first-order valence-electron chi connectivity index (χ1n) is 8.68. The Bertz CT molecular complexity index is 907. The minimum absolute atomic E-state index is 0.697. The summed E-state index contributed by atoms with van der Waals surface area (Å²) in [6.45, 7) is 4.29. The minimum Gasteiger partial charge on any atom is -0.395 e. The van der Waals surface area contributed by atoms with Gasteiger partial charge in [-0.1, -0.05) is 17.3 Å². The maximum absolute atomic E-state index is 10.1. The largest absolute Gasteiger partial charge is 0.395 e. The van der Waals surface area contributed by atoms with Crippen molar-refractivity contribution < 1.29 is 9.63 Å². The number of nitrogens with zero attached hydrogens (tertiary/aromatic N) is 3. The van der Waals surface area contributed by atoms with Crippen molar-refractivity contribution in [2.75, 3.05) is 19.7 Å². The Kier molecular flexibility index (Phi) is 6.09. The Morgan fingerprint density at radius 1 is 1.23 bits per heavy atom. The van der Waals surface area contributed by atoms with Gasteiger partial charge < -0.3 is 10.2 Å². The highest BCUT2D eigenvalue weighted by molar-refractivity contribution is 6.00. The van der Waals surface area contributed by atoms with E-state index in [4.69, 9.17) is 4.84 Å². The first-order chi connectivity index (χ1) is 12.8. The van der Waals surface area contributed by atoms with Gasteiger partial charge in [0.05, 0.1) is 17.6 Å².